The number of aliphatic hydroxyl groups is 1. The highest BCUT2D eigenvalue weighted by Crippen LogP contribution is 2.46. The fourth-order valence-corrected chi connectivity index (χ4v) is 11.4. The summed E-state index contributed by atoms with van der Waals surface area (Å²) in [6.45, 7) is 16.7. The molecule has 1 saturated heterocycles. The largest absolute Gasteiger partial charge is 0.511 e. The molecule has 0 saturated carbocycles. The third kappa shape index (κ3) is 10.6. The van der Waals surface area contributed by atoms with Gasteiger partial charge in [-0.3, -0.25) is 19.4 Å². The molecule has 17 heteroatoms. The molecule has 1 aromatic carbocycles. The normalized spacial score (nSPS) is 21.1. The number of carboxylic acid groups (broad SMARTS) is 1. The summed E-state index contributed by atoms with van der Waals surface area (Å²) in [5.41, 5.74) is 13.2. The lowest BCUT2D eigenvalue weighted by Gasteiger charge is -2.18. The van der Waals surface area contributed by atoms with Crippen LogP contribution in [0.2, 0.25) is 0 Å². The molecular weight excluding hydrogens is 909 g/mol. The molecule has 1 fully saturated rings. The summed E-state index contributed by atoms with van der Waals surface area (Å²) in [7, 11) is -3.93. The highest BCUT2D eigenvalue weighted by Gasteiger charge is 2.41. The summed E-state index contributed by atoms with van der Waals surface area (Å²) in [4.78, 5) is 58.3. The van der Waals surface area contributed by atoms with Crippen molar-refractivity contribution in [2.24, 2.45) is 37.7 Å². The Kier molecular flexibility index (Phi) is 14.9. The number of aliphatic hydroxyl groups excluding tert-OH is 1. The molecule has 0 spiro atoms. The Morgan fingerprint density at radius 2 is 1.74 bits per heavy atom. The zero-order valence-electron chi connectivity index (χ0n) is 40.5. The molecule has 6 heterocycles. The second-order valence-corrected chi connectivity index (χ2v) is 20.8. The van der Waals surface area contributed by atoms with E-state index in [-0.39, 0.29) is 61.5 Å². The van der Waals surface area contributed by atoms with Crippen molar-refractivity contribution in [1.29, 1.82) is 0 Å². The van der Waals surface area contributed by atoms with E-state index in [0.29, 0.717) is 42.2 Å². The Hall–Kier alpha value is -6.88. The molecule has 1 aliphatic carbocycles. The minimum Gasteiger partial charge on any atom is -0.511 e. The summed E-state index contributed by atoms with van der Waals surface area (Å²) >= 11 is 0. The van der Waals surface area contributed by atoms with Crippen molar-refractivity contribution in [2.75, 3.05) is 44.3 Å². The van der Waals surface area contributed by atoms with Gasteiger partial charge in [0.1, 0.15) is 18.1 Å². The summed E-state index contributed by atoms with van der Waals surface area (Å²) in [6.07, 6.45) is 10.1. The van der Waals surface area contributed by atoms with Crippen molar-refractivity contribution in [3.05, 3.63) is 134 Å². The van der Waals surface area contributed by atoms with E-state index in [1.165, 1.54) is 0 Å². The fraction of sp³-hybridized carbons (Fsp3) is 0.415. The first-order chi connectivity index (χ1) is 33.5. The molecule has 3 atom stereocenters. The Morgan fingerprint density at radius 1 is 0.986 bits per heavy atom. The number of nitrogens with one attached hydrogen (secondary N) is 4. The van der Waals surface area contributed by atoms with Crippen molar-refractivity contribution in [2.45, 2.75) is 79.6 Å². The fourth-order valence-electron chi connectivity index (χ4n) is 9.95. The molecule has 6 aliphatic heterocycles. The molecule has 6 N–H and O–H groups in total. The lowest BCUT2D eigenvalue weighted by atomic mass is 9.86. The number of sulfone groups is 1. The smallest absolute Gasteiger partial charge is 0.307 e. The number of allylic oxidation sites excluding steroid dienone is 12. The number of ether oxygens (including phenoxy) is 1. The van der Waals surface area contributed by atoms with Gasteiger partial charge in [0.05, 0.1) is 58.2 Å². The third-order valence-corrected chi connectivity index (χ3v) is 15.7. The molecule has 1 amide bonds. The molecule has 70 heavy (non-hydrogen) atoms. The standard InChI is InChI=1S/C53H62N8O8S/c1-7-36-29(3)40-25-42-31(5)38(50(60-42)39-24-47(63)49-32(6)43(61-51(39)49)27-45-37(8-2)30(4)41(59-45)26-44(36)58-40)15-17-48(64)54-21-23-70(67,68)28-34(52(65)66)12-16-46(62)33-10-13-35(14-11-33)69-22-20-57-53-55-18-9-19-56-53/h7,10-11,13-14,25-27,31,34,38,60,63H,1,8-9,12,15-24,28H2,2-6H3,(H,54,64)(H,65,66)(H2,55,56,57)/t31-,34+,38-/m0/s1. The van der Waals surface area contributed by atoms with Gasteiger partial charge in [-0.05, 0) is 111 Å². The SMILES string of the molecule is C=CC1=C(C)C2=NC1=CC1=NC(=CC3=C(C)C4=C(O)CC(=C5NC(=C2)[C@@H](C)[C@@H]5CCC(=O)NCCS(=O)(=O)C[C@@H](CCC(=O)c2ccc(OCCNC5=NCCCN5)cc2)C(=O)O)C4=N3)C(CC)=C1C. The minimum absolute atomic E-state index is 0.0746. The predicted molar refractivity (Wildman–Crippen MR) is 273 cm³/mol. The number of benzene rings is 1. The van der Waals surface area contributed by atoms with Crippen LogP contribution in [0, 0.1) is 17.8 Å². The number of carbonyl (C=O) groups is 3. The maximum atomic E-state index is 13.4. The van der Waals surface area contributed by atoms with Gasteiger partial charge in [0.15, 0.2) is 21.6 Å². The molecule has 16 nitrogen and oxygen atoms in total. The topological polar surface area (TPSA) is 233 Å². The van der Waals surface area contributed by atoms with E-state index in [4.69, 9.17) is 19.7 Å². The molecule has 8 rings (SSSR count). The summed E-state index contributed by atoms with van der Waals surface area (Å²) in [5.74, 6) is -3.16. The maximum absolute atomic E-state index is 13.4. The van der Waals surface area contributed by atoms with Crippen molar-refractivity contribution < 1.29 is 37.8 Å². The zero-order chi connectivity index (χ0) is 49.9. The molecule has 8 bridgehead atoms. The number of hydrogen-bond donors (Lipinski definition) is 6. The van der Waals surface area contributed by atoms with Crippen molar-refractivity contribution in [1.82, 2.24) is 21.3 Å². The van der Waals surface area contributed by atoms with Gasteiger partial charge in [-0.25, -0.2) is 23.4 Å². The number of guanidine groups is 1. The lowest BCUT2D eigenvalue weighted by Crippen LogP contribution is -2.42. The monoisotopic (exact) mass is 970 g/mol. The summed E-state index contributed by atoms with van der Waals surface area (Å²) < 4.78 is 32.2. The molecule has 0 aromatic heterocycles. The first kappa shape index (κ1) is 49.5. The van der Waals surface area contributed by atoms with Crippen LogP contribution >= 0.6 is 0 Å². The first-order valence-corrected chi connectivity index (χ1v) is 26.0. The van der Waals surface area contributed by atoms with Crippen LogP contribution in [0.5, 0.6) is 5.75 Å². The molecule has 7 aliphatic rings. The quantitative estimate of drug-likeness (QED) is 0.0621. The van der Waals surface area contributed by atoms with E-state index >= 15 is 0 Å². The minimum atomic E-state index is -3.93. The Bertz CT molecular complexity index is 2920. The average molecular weight is 971 g/mol. The molecule has 1 aromatic rings. The van der Waals surface area contributed by atoms with Crippen molar-refractivity contribution in [3.63, 3.8) is 0 Å². The molecular formula is C53H62N8O8S. The van der Waals surface area contributed by atoms with Gasteiger partial charge >= 0.3 is 5.97 Å². The van der Waals surface area contributed by atoms with Crippen LogP contribution in [0.4, 0.5) is 0 Å². The molecule has 368 valence electrons. The highest BCUT2D eigenvalue weighted by atomic mass is 32.2. The Labute approximate surface area is 409 Å². The summed E-state index contributed by atoms with van der Waals surface area (Å²) in [6, 6.07) is 6.53. The van der Waals surface area contributed by atoms with Gasteiger partial charge in [-0.2, -0.15) is 0 Å². The summed E-state index contributed by atoms with van der Waals surface area (Å²) in [5, 5.41) is 34.2. The van der Waals surface area contributed by atoms with Gasteiger partial charge < -0.3 is 36.2 Å². The van der Waals surface area contributed by atoms with Gasteiger partial charge in [0.2, 0.25) is 5.91 Å². The van der Waals surface area contributed by atoms with Gasteiger partial charge in [0, 0.05) is 84.4 Å². The van der Waals surface area contributed by atoms with E-state index in [1.54, 1.807) is 24.3 Å². The maximum Gasteiger partial charge on any atom is 0.307 e. The molecule has 0 unspecified atom stereocenters. The number of aliphatic carboxylic acids is 1. The van der Waals surface area contributed by atoms with E-state index < -0.39 is 33.2 Å². The van der Waals surface area contributed by atoms with Crippen molar-refractivity contribution >= 4 is 50.6 Å². The van der Waals surface area contributed by atoms with Crippen LogP contribution in [0.15, 0.2) is 148 Å². The number of aliphatic imine (C=N–C) groups is 4. The number of rotatable bonds is 19. The average Bonchev–Trinajstić information content (AvgIpc) is 4.10. The Morgan fingerprint density at radius 3 is 2.46 bits per heavy atom. The number of carboxylic acids is 1. The van der Waals surface area contributed by atoms with Crippen LogP contribution in [-0.4, -0.2) is 104 Å². The van der Waals surface area contributed by atoms with E-state index in [1.807, 2.05) is 38.2 Å². The first-order valence-electron chi connectivity index (χ1n) is 24.1. The van der Waals surface area contributed by atoms with Crippen LogP contribution < -0.4 is 26.0 Å². The lowest BCUT2D eigenvalue weighted by molar-refractivity contribution is -0.141. The second-order valence-electron chi connectivity index (χ2n) is 18.5. The van der Waals surface area contributed by atoms with E-state index in [0.717, 1.165) is 105 Å². The zero-order valence-corrected chi connectivity index (χ0v) is 41.3. The number of Topliss-reactive ketones (excluding diaryl/α,β-unsaturated/α-hetero) is 1. The van der Waals surface area contributed by atoms with E-state index in [9.17, 15) is 33.0 Å². The van der Waals surface area contributed by atoms with Gasteiger partial charge in [-0.1, -0.05) is 26.5 Å². The number of amides is 1. The van der Waals surface area contributed by atoms with Crippen LogP contribution in [-0.2, 0) is 19.4 Å². The van der Waals surface area contributed by atoms with Gasteiger partial charge in [0.25, 0.3) is 0 Å². The number of nitrogens with zero attached hydrogens (tertiary/aromatic N) is 4. The number of fused-ring (bicyclic) bond motifs is 5. The predicted octanol–water partition coefficient (Wildman–Crippen LogP) is 6.84. The van der Waals surface area contributed by atoms with Gasteiger partial charge in [-0.15, -0.1) is 0 Å². The number of carbonyl (C=O) groups excluding carboxylic acids is 2. The van der Waals surface area contributed by atoms with Crippen LogP contribution in [0.25, 0.3) is 0 Å². The highest BCUT2D eigenvalue weighted by molar-refractivity contribution is 7.91. The number of ketones is 1. The van der Waals surface area contributed by atoms with E-state index in [2.05, 4.69) is 53.6 Å². The second kappa shape index (κ2) is 21.0. The van der Waals surface area contributed by atoms with Crippen LogP contribution in [0.1, 0.15) is 89.9 Å². The number of hydrogen-bond acceptors (Lipinski definition) is 14. The molecule has 0 radical (unpaired) electrons. The van der Waals surface area contributed by atoms with Crippen LogP contribution in [0.3, 0.4) is 0 Å². The van der Waals surface area contributed by atoms with Crippen molar-refractivity contribution in [3.8, 4) is 5.75 Å². The Balaban J connectivity index is 0.895. The third-order valence-electron chi connectivity index (χ3n) is 14.0.